The SMILES string of the molecule is CC/C=C\C/C=C\C/C=C\C/C=C\CCCCCCCCCCCCCCCCCCC(=O)OCC(COC(=O)CCCCCCC/C=C\C/C=C\CCCCC)OC(=O)CCCCCCCCCCCCCCCCCCCCCCC. The molecule has 0 spiro atoms. The van der Waals surface area contributed by atoms with Crippen LogP contribution in [-0.4, -0.2) is 37.2 Å². The van der Waals surface area contributed by atoms with Crippen molar-refractivity contribution >= 4 is 17.9 Å². The summed E-state index contributed by atoms with van der Waals surface area (Å²) in [6.07, 6.45) is 93.6. The largest absolute Gasteiger partial charge is 0.462 e. The summed E-state index contributed by atoms with van der Waals surface area (Å²) in [5.41, 5.74) is 0. The van der Waals surface area contributed by atoms with Crippen LogP contribution in [0.4, 0.5) is 0 Å². The van der Waals surface area contributed by atoms with Crippen molar-refractivity contribution < 1.29 is 28.6 Å². The van der Waals surface area contributed by atoms with E-state index in [2.05, 4.69) is 93.7 Å². The minimum atomic E-state index is -0.780. The van der Waals surface area contributed by atoms with Crippen molar-refractivity contribution in [1.29, 1.82) is 0 Å². The average molecular weight is 1160 g/mol. The number of unbranched alkanes of at least 4 members (excludes halogenated alkanes) is 44. The van der Waals surface area contributed by atoms with E-state index in [-0.39, 0.29) is 31.1 Å². The Morgan fingerprint density at radius 1 is 0.253 bits per heavy atom. The van der Waals surface area contributed by atoms with Crippen LogP contribution >= 0.6 is 0 Å². The van der Waals surface area contributed by atoms with Crippen molar-refractivity contribution in [1.82, 2.24) is 0 Å². The third-order valence-corrected chi connectivity index (χ3v) is 16.2. The van der Waals surface area contributed by atoms with Crippen LogP contribution in [0, 0.1) is 0 Å². The highest BCUT2D eigenvalue weighted by Crippen LogP contribution is 2.18. The molecule has 0 aromatic rings. The normalized spacial score (nSPS) is 12.5. The molecule has 0 heterocycles. The van der Waals surface area contributed by atoms with Crippen molar-refractivity contribution in [3.8, 4) is 0 Å². The smallest absolute Gasteiger partial charge is 0.306 e. The number of carbonyl (C=O) groups excluding carboxylic acids is 3. The number of hydrogen-bond acceptors (Lipinski definition) is 6. The zero-order chi connectivity index (χ0) is 59.9. The van der Waals surface area contributed by atoms with Gasteiger partial charge in [-0.2, -0.15) is 0 Å². The summed E-state index contributed by atoms with van der Waals surface area (Å²) in [5, 5.41) is 0. The highest BCUT2D eigenvalue weighted by molar-refractivity contribution is 5.71. The predicted molar refractivity (Wildman–Crippen MR) is 362 cm³/mol. The standard InChI is InChI=1S/C77H138O6/c1-4-7-10-13-16-19-22-25-28-30-32-34-35-36-37-38-39-40-41-43-44-46-49-52-55-58-61-64-67-70-76(79)82-73-74(72-81-75(78)69-66-63-60-57-54-51-48-27-24-21-18-15-12-9-6-3)83-77(80)71-68-65-62-59-56-53-50-47-45-42-33-31-29-26-23-20-17-14-11-8-5-2/h7,10,16,18-19,21,25,27-28,32,34,48,74H,4-6,8-9,11-15,17,20,22-24,26,29-31,33,35-47,49-73H2,1-3H3/b10-7-,19-16-,21-18-,28-25-,34-32-,48-27-. The molecule has 1 unspecified atom stereocenters. The first-order valence-electron chi connectivity index (χ1n) is 36.4. The van der Waals surface area contributed by atoms with Crippen LogP contribution in [0.2, 0.25) is 0 Å². The van der Waals surface area contributed by atoms with Crippen LogP contribution in [0.5, 0.6) is 0 Å². The van der Waals surface area contributed by atoms with Crippen LogP contribution in [0.3, 0.4) is 0 Å². The van der Waals surface area contributed by atoms with Gasteiger partial charge in [0.25, 0.3) is 0 Å². The second-order valence-corrected chi connectivity index (χ2v) is 24.5. The summed E-state index contributed by atoms with van der Waals surface area (Å²) in [6, 6.07) is 0. The monoisotopic (exact) mass is 1160 g/mol. The van der Waals surface area contributed by atoms with Crippen LogP contribution in [0.15, 0.2) is 72.9 Å². The van der Waals surface area contributed by atoms with Crippen LogP contribution < -0.4 is 0 Å². The molecule has 0 aromatic carbocycles. The minimum absolute atomic E-state index is 0.0748. The Hall–Kier alpha value is -3.15. The third-order valence-electron chi connectivity index (χ3n) is 16.2. The zero-order valence-electron chi connectivity index (χ0n) is 55.5. The van der Waals surface area contributed by atoms with Crippen molar-refractivity contribution in [2.45, 2.75) is 386 Å². The zero-order valence-corrected chi connectivity index (χ0v) is 55.5. The third kappa shape index (κ3) is 69.5. The molecule has 0 bridgehead atoms. The lowest BCUT2D eigenvalue weighted by molar-refractivity contribution is -0.167. The van der Waals surface area contributed by atoms with Gasteiger partial charge in [0.15, 0.2) is 6.10 Å². The van der Waals surface area contributed by atoms with E-state index in [0.29, 0.717) is 19.3 Å². The molecule has 0 aliphatic rings. The molecule has 0 aliphatic carbocycles. The first kappa shape index (κ1) is 79.8. The topological polar surface area (TPSA) is 78.9 Å². The summed E-state index contributed by atoms with van der Waals surface area (Å²) in [4.78, 5) is 38.5. The van der Waals surface area contributed by atoms with Gasteiger partial charge < -0.3 is 14.2 Å². The Bertz CT molecular complexity index is 1520. The lowest BCUT2D eigenvalue weighted by Gasteiger charge is -2.18. The van der Waals surface area contributed by atoms with Gasteiger partial charge in [0, 0.05) is 19.3 Å². The van der Waals surface area contributed by atoms with Gasteiger partial charge in [0.05, 0.1) is 0 Å². The van der Waals surface area contributed by atoms with Crippen LogP contribution in [-0.2, 0) is 28.6 Å². The van der Waals surface area contributed by atoms with Crippen molar-refractivity contribution in [2.24, 2.45) is 0 Å². The number of allylic oxidation sites excluding steroid dienone is 12. The Balaban J connectivity index is 4.25. The van der Waals surface area contributed by atoms with E-state index >= 15 is 0 Å². The molecule has 6 heteroatoms. The van der Waals surface area contributed by atoms with Gasteiger partial charge in [-0.25, -0.2) is 0 Å². The second-order valence-electron chi connectivity index (χ2n) is 24.5. The maximum absolute atomic E-state index is 13.0. The van der Waals surface area contributed by atoms with Crippen molar-refractivity contribution in [3.63, 3.8) is 0 Å². The molecule has 1 atom stereocenters. The van der Waals surface area contributed by atoms with Gasteiger partial charge in [0.2, 0.25) is 0 Å². The molecule has 0 aromatic heterocycles. The van der Waals surface area contributed by atoms with Crippen molar-refractivity contribution in [3.05, 3.63) is 72.9 Å². The first-order valence-corrected chi connectivity index (χ1v) is 36.4. The molecular formula is C77H138O6. The van der Waals surface area contributed by atoms with Gasteiger partial charge in [-0.3, -0.25) is 14.4 Å². The molecule has 0 saturated heterocycles. The summed E-state index contributed by atoms with van der Waals surface area (Å²) >= 11 is 0. The fraction of sp³-hybridized carbons (Fsp3) is 0.805. The highest BCUT2D eigenvalue weighted by atomic mass is 16.6. The van der Waals surface area contributed by atoms with E-state index < -0.39 is 6.10 Å². The summed E-state index contributed by atoms with van der Waals surface area (Å²) in [5.74, 6) is -0.863. The van der Waals surface area contributed by atoms with E-state index in [0.717, 1.165) is 103 Å². The van der Waals surface area contributed by atoms with Gasteiger partial charge >= 0.3 is 17.9 Å². The maximum Gasteiger partial charge on any atom is 0.306 e. The van der Waals surface area contributed by atoms with E-state index in [1.165, 1.54) is 238 Å². The lowest BCUT2D eigenvalue weighted by Crippen LogP contribution is -2.30. The van der Waals surface area contributed by atoms with E-state index in [1.807, 2.05) is 0 Å². The molecule has 83 heavy (non-hydrogen) atoms. The van der Waals surface area contributed by atoms with Gasteiger partial charge in [0.1, 0.15) is 13.2 Å². The second kappa shape index (κ2) is 71.3. The quantitative estimate of drug-likeness (QED) is 0.0261. The number of rotatable bonds is 67. The van der Waals surface area contributed by atoms with Crippen LogP contribution in [0.1, 0.15) is 380 Å². The molecule has 0 radical (unpaired) electrons. The number of carbonyl (C=O) groups is 3. The van der Waals surface area contributed by atoms with Gasteiger partial charge in [-0.05, 0) is 89.9 Å². The summed E-state index contributed by atoms with van der Waals surface area (Å²) < 4.78 is 17.0. The lowest BCUT2D eigenvalue weighted by atomic mass is 10.0. The van der Waals surface area contributed by atoms with Gasteiger partial charge in [-0.15, -0.1) is 0 Å². The minimum Gasteiger partial charge on any atom is -0.462 e. The molecular weight excluding hydrogens is 1020 g/mol. The number of hydrogen-bond donors (Lipinski definition) is 0. The fourth-order valence-corrected chi connectivity index (χ4v) is 10.8. The highest BCUT2D eigenvalue weighted by Gasteiger charge is 2.19. The molecule has 0 fully saturated rings. The molecule has 0 aliphatic heterocycles. The van der Waals surface area contributed by atoms with E-state index in [9.17, 15) is 14.4 Å². The Morgan fingerprint density at radius 3 is 0.759 bits per heavy atom. The Kier molecular flexibility index (Phi) is 68.6. The van der Waals surface area contributed by atoms with Gasteiger partial charge in [-0.1, -0.05) is 344 Å². The van der Waals surface area contributed by atoms with E-state index in [4.69, 9.17) is 14.2 Å². The Labute approximate surface area is 516 Å². The maximum atomic E-state index is 13.0. The molecule has 6 nitrogen and oxygen atoms in total. The van der Waals surface area contributed by atoms with Crippen LogP contribution in [0.25, 0.3) is 0 Å². The number of esters is 3. The summed E-state index contributed by atoms with van der Waals surface area (Å²) in [6.45, 7) is 6.56. The number of ether oxygens (including phenoxy) is 3. The molecule has 0 amide bonds. The Morgan fingerprint density at radius 2 is 0.470 bits per heavy atom. The van der Waals surface area contributed by atoms with E-state index in [1.54, 1.807) is 0 Å². The molecule has 482 valence electrons. The fourth-order valence-electron chi connectivity index (χ4n) is 10.8. The molecule has 0 N–H and O–H groups in total. The molecule has 0 rings (SSSR count). The first-order chi connectivity index (χ1) is 41.0. The summed E-state index contributed by atoms with van der Waals surface area (Å²) in [7, 11) is 0. The average Bonchev–Trinajstić information content (AvgIpc) is 3.49. The molecule has 0 saturated carbocycles. The van der Waals surface area contributed by atoms with Crippen molar-refractivity contribution in [2.75, 3.05) is 13.2 Å². The predicted octanol–water partition coefficient (Wildman–Crippen LogP) is 25.2.